The monoisotopic (exact) mass is 488 g/mol. The SMILES string of the molecule is C=CCC[C@]12CO[Si](C(C)(C)C)(C(C)(C)C)O[C@H](c3c(OC)ccc(OC)c3CC(=C)C)[C@H]1O2. The van der Waals surface area contributed by atoms with Gasteiger partial charge in [0.2, 0.25) is 0 Å². The van der Waals surface area contributed by atoms with Crippen LogP contribution in [0.3, 0.4) is 0 Å². The Morgan fingerprint density at radius 1 is 1.12 bits per heavy atom. The second kappa shape index (κ2) is 9.45. The van der Waals surface area contributed by atoms with Crippen LogP contribution >= 0.6 is 0 Å². The smallest absolute Gasteiger partial charge is 0.350 e. The molecule has 0 saturated carbocycles. The summed E-state index contributed by atoms with van der Waals surface area (Å²) in [5.74, 6) is 1.59. The summed E-state index contributed by atoms with van der Waals surface area (Å²) in [7, 11) is 0.582. The topological polar surface area (TPSA) is 49.5 Å². The first-order valence-corrected chi connectivity index (χ1v) is 14.1. The van der Waals surface area contributed by atoms with Crippen LogP contribution < -0.4 is 9.47 Å². The van der Waals surface area contributed by atoms with Gasteiger partial charge in [0.25, 0.3) is 0 Å². The molecule has 6 heteroatoms. The number of epoxide rings is 1. The highest BCUT2D eigenvalue weighted by atomic mass is 28.4. The number of benzene rings is 1. The molecule has 0 unspecified atom stereocenters. The third kappa shape index (κ3) is 4.62. The third-order valence-electron chi connectivity index (χ3n) is 7.13. The Bertz CT molecular complexity index is 912. The van der Waals surface area contributed by atoms with E-state index in [4.69, 9.17) is 23.1 Å². The Morgan fingerprint density at radius 2 is 1.71 bits per heavy atom. The van der Waals surface area contributed by atoms with Crippen molar-refractivity contribution in [2.75, 3.05) is 20.8 Å². The van der Waals surface area contributed by atoms with Crippen LogP contribution in [0.5, 0.6) is 11.5 Å². The molecule has 0 bridgehead atoms. The number of rotatable bonds is 8. The summed E-state index contributed by atoms with van der Waals surface area (Å²) >= 11 is 0. The van der Waals surface area contributed by atoms with Gasteiger partial charge in [-0.1, -0.05) is 59.8 Å². The number of methoxy groups -OCH3 is 2. The van der Waals surface area contributed by atoms with Crippen molar-refractivity contribution in [1.29, 1.82) is 0 Å². The zero-order valence-corrected chi connectivity index (χ0v) is 23.7. The quantitative estimate of drug-likeness (QED) is 0.223. The van der Waals surface area contributed by atoms with Crippen LogP contribution in [0.2, 0.25) is 10.1 Å². The lowest BCUT2D eigenvalue weighted by Gasteiger charge is -2.50. The number of hydrogen-bond donors (Lipinski definition) is 0. The van der Waals surface area contributed by atoms with Gasteiger partial charge in [0, 0.05) is 21.2 Å². The number of allylic oxidation sites excluding steroid dienone is 2. The van der Waals surface area contributed by atoms with Crippen LogP contribution in [-0.4, -0.2) is 41.1 Å². The van der Waals surface area contributed by atoms with E-state index in [1.807, 2.05) is 25.1 Å². The predicted octanol–water partition coefficient (Wildman–Crippen LogP) is 7.06. The Morgan fingerprint density at radius 3 is 2.21 bits per heavy atom. The minimum atomic E-state index is -2.83. The van der Waals surface area contributed by atoms with Gasteiger partial charge in [-0.25, -0.2) is 0 Å². The molecule has 0 N–H and O–H groups in total. The maximum Gasteiger partial charge on any atom is 0.350 e. The van der Waals surface area contributed by atoms with E-state index in [1.165, 1.54) is 0 Å². The summed E-state index contributed by atoms with van der Waals surface area (Å²) in [6.45, 7) is 24.1. The van der Waals surface area contributed by atoms with Gasteiger partial charge in [0.05, 0.1) is 20.8 Å². The summed E-state index contributed by atoms with van der Waals surface area (Å²) in [6.07, 6.45) is 3.86. The van der Waals surface area contributed by atoms with Gasteiger partial charge in [-0.05, 0) is 38.3 Å². The van der Waals surface area contributed by atoms with Crippen molar-refractivity contribution in [3.05, 3.63) is 48.1 Å². The van der Waals surface area contributed by atoms with Crippen molar-refractivity contribution in [1.82, 2.24) is 0 Å². The van der Waals surface area contributed by atoms with Crippen molar-refractivity contribution in [2.45, 2.75) is 95.6 Å². The van der Waals surface area contributed by atoms with Crippen molar-refractivity contribution >= 4 is 8.56 Å². The molecule has 5 nitrogen and oxygen atoms in total. The van der Waals surface area contributed by atoms with Crippen molar-refractivity contribution in [3.8, 4) is 11.5 Å². The Hall–Kier alpha value is -1.60. The molecule has 0 aliphatic carbocycles. The number of fused-ring (bicyclic) bond motifs is 1. The molecule has 2 heterocycles. The predicted molar refractivity (Wildman–Crippen MR) is 140 cm³/mol. The first kappa shape index (κ1) is 27.0. The standard InChI is InChI=1S/C28H44O5Si/c1-12-13-16-28-18-31-34(26(4,5)6,27(7,8)9)33-24(25(28)32-28)23-20(17-19(2)3)21(29-10)14-15-22(23)30-11/h12,14-15,24-25H,1-2,13,16-18H2,3-11H3/t24-,25-,28+/m1/s1. The molecule has 3 rings (SSSR count). The molecular formula is C28H44O5Si. The van der Waals surface area contributed by atoms with Crippen molar-refractivity contribution < 1.29 is 23.1 Å². The van der Waals surface area contributed by atoms with Crippen LogP contribution in [0.4, 0.5) is 0 Å². The highest BCUT2D eigenvalue weighted by Crippen LogP contribution is 2.62. The molecule has 3 atom stereocenters. The van der Waals surface area contributed by atoms with Gasteiger partial charge in [0.15, 0.2) is 0 Å². The molecular weight excluding hydrogens is 444 g/mol. The van der Waals surface area contributed by atoms with Crippen LogP contribution in [0.15, 0.2) is 36.9 Å². The molecule has 2 aliphatic rings. The molecule has 2 saturated heterocycles. The maximum atomic E-state index is 7.34. The van der Waals surface area contributed by atoms with Crippen LogP contribution in [0, 0.1) is 0 Å². The van der Waals surface area contributed by atoms with Gasteiger partial charge in [0.1, 0.15) is 29.3 Å². The molecule has 0 aromatic heterocycles. The summed E-state index contributed by atoms with van der Waals surface area (Å²) in [5, 5.41) is -0.332. The zero-order chi connectivity index (χ0) is 25.5. The fraction of sp³-hybridized carbons (Fsp3) is 0.643. The Labute approximate surface area is 207 Å². The van der Waals surface area contributed by atoms with E-state index in [9.17, 15) is 0 Å². The minimum Gasteiger partial charge on any atom is -0.496 e. The molecule has 0 spiro atoms. The van der Waals surface area contributed by atoms with E-state index < -0.39 is 14.2 Å². The molecule has 0 radical (unpaired) electrons. The Balaban J connectivity index is 2.28. The molecule has 190 valence electrons. The number of hydrogen-bond acceptors (Lipinski definition) is 5. The molecule has 2 aliphatic heterocycles. The van der Waals surface area contributed by atoms with Gasteiger partial charge in [-0.2, -0.15) is 0 Å². The van der Waals surface area contributed by atoms with Crippen LogP contribution in [-0.2, 0) is 20.0 Å². The summed E-state index contributed by atoms with van der Waals surface area (Å²) < 4.78 is 32.5. The number of ether oxygens (including phenoxy) is 3. The lowest BCUT2D eigenvalue weighted by Crippen LogP contribution is -2.58. The van der Waals surface area contributed by atoms with E-state index in [0.717, 1.165) is 41.0 Å². The fourth-order valence-electron chi connectivity index (χ4n) is 5.70. The molecule has 1 aromatic carbocycles. The van der Waals surface area contributed by atoms with Gasteiger partial charge in [-0.3, -0.25) is 0 Å². The second-order valence-electron chi connectivity index (χ2n) is 11.9. The van der Waals surface area contributed by atoms with E-state index in [1.54, 1.807) is 14.2 Å². The highest BCUT2D eigenvalue weighted by Gasteiger charge is 2.70. The molecule has 2 fully saturated rings. The fourth-order valence-corrected chi connectivity index (χ4v) is 10.6. The van der Waals surface area contributed by atoms with E-state index in [-0.39, 0.29) is 22.3 Å². The van der Waals surface area contributed by atoms with E-state index in [2.05, 4.69) is 54.7 Å². The Kier molecular flexibility index (Phi) is 7.50. The van der Waals surface area contributed by atoms with Gasteiger partial charge >= 0.3 is 8.56 Å². The third-order valence-corrected chi connectivity index (χ3v) is 12.2. The van der Waals surface area contributed by atoms with Crippen LogP contribution in [0.25, 0.3) is 0 Å². The first-order chi connectivity index (χ1) is 15.8. The normalized spacial score (nSPS) is 26.3. The second-order valence-corrected chi connectivity index (χ2v) is 16.6. The van der Waals surface area contributed by atoms with E-state index in [0.29, 0.717) is 13.0 Å². The summed E-state index contributed by atoms with van der Waals surface area (Å²) in [4.78, 5) is 0. The van der Waals surface area contributed by atoms with Crippen molar-refractivity contribution in [3.63, 3.8) is 0 Å². The highest BCUT2D eigenvalue weighted by molar-refractivity contribution is 6.73. The van der Waals surface area contributed by atoms with Crippen LogP contribution in [0.1, 0.15) is 78.5 Å². The first-order valence-electron chi connectivity index (χ1n) is 12.3. The lowest BCUT2D eigenvalue weighted by atomic mass is 9.89. The van der Waals surface area contributed by atoms with E-state index >= 15 is 0 Å². The van der Waals surface area contributed by atoms with Gasteiger partial charge in [-0.15, -0.1) is 6.58 Å². The minimum absolute atomic E-state index is 0.128. The molecule has 0 amide bonds. The zero-order valence-electron chi connectivity index (χ0n) is 22.7. The summed E-state index contributed by atoms with van der Waals surface area (Å²) in [5.41, 5.74) is 2.69. The molecule has 1 aromatic rings. The maximum absolute atomic E-state index is 7.34. The average molecular weight is 489 g/mol. The average Bonchev–Trinajstić information content (AvgIpc) is 3.45. The molecule has 34 heavy (non-hydrogen) atoms. The lowest BCUT2D eigenvalue weighted by molar-refractivity contribution is 0.0473. The van der Waals surface area contributed by atoms with Crippen molar-refractivity contribution in [2.24, 2.45) is 0 Å². The summed E-state index contributed by atoms with van der Waals surface area (Å²) in [6, 6.07) is 3.93. The van der Waals surface area contributed by atoms with Gasteiger partial charge < -0.3 is 23.1 Å². The largest absolute Gasteiger partial charge is 0.496 e.